The zero-order chi connectivity index (χ0) is 19.0. The molecule has 0 saturated carbocycles. The highest BCUT2D eigenvalue weighted by atomic mass is 16.5. The molecule has 0 radical (unpaired) electrons. The number of rotatable bonds is 4. The lowest BCUT2D eigenvalue weighted by atomic mass is 10.1. The molecule has 2 heterocycles. The van der Waals surface area contributed by atoms with Gasteiger partial charge in [-0.1, -0.05) is 24.3 Å². The Balaban J connectivity index is 1.85. The van der Waals surface area contributed by atoms with Crippen molar-refractivity contribution in [2.24, 2.45) is 0 Å². The number of methoxy groups -OCH3 is 1. The summed E-state index contributed by atoms with van der Waals surface area (Å²) in [6.07, 6.45) is 0. The molecule has 0 bridgehead atoms. The lowest BCUT2D eigenvalue weighted by molar-refractivity contribution is -0.142. The van der Waals surface area contributed by atoms with Crippen molar-refractivity contribution in [3.63, 3.8) is 0 Å². The van der Waals surface area contributed by atoms with Gasteiger partial charge >= 0.3 is 5.97 Å². The number of benzene rings is 2. The topological polar surface area (TPSA) is 73.6 Å². The zero-order valence-corrected chi connectivity index (χ0v) is 15.0. The van der Waals surface area contributed by atoms with Crippen LogP contribution < -0.4 is 4.74 Å². The number of hydrogen-bond acceptors (Lipinski definition) is 5. The molecule has 27 heavy (non-hydrogen) atoms. The van der Waals surface area contributed by atoms with Gasteiger partial charge in [0.05, 0.1) is 29.4 Å². The minimum atomic E-state index is -0.331. The van der Waals surface area contributed by atoms with E-state index in [-0.39, 0.29) is 12.6 Å². The first kappa shape index (κ1) is 16.9. The largest absolute Gasteiger partial charge is 0.480 e. The van der Waals surface area contributed by atoms with Crippen molar-refractivity contribution in [1.29, 1.82) is 0 Å². The van der Waals surface area contributed by atoms with Crippen molar-refractivity contribution in [3.8, 4) is 17.1 Å². The predicted octanol–water partition coefficient (Wildman–Crippen LogP) is 4.17. The first-order valence-corrected chi connectivity index (χ1v) is 8.48. The number of esters is 1. The molecule has 4 aromatic rings. The van der Waals surface area contributed by atoms with E-state index >= 15 is 0 Å². The summed E-state index contributed by atoms with van der Waals surface area (Å²) >= 11 is 0. The van der Waals surface area contributed by atoms with Crippen molar-refractivity contribution in [2.75, 3.05) is 7.11 Å². The van der Waals surface area contributed by atoms with Crippen LogP contribution in [0.3, 0.4) is 0 Å². The van der Waals surface area contributed by atoms with Crippen LogP contribution in [0.25, 0.3) is 33.1 Å². The number of hydrogen-bond donors (Lipinski definition) is 1. The molecule has 0 aliphatic heterocycles. The summed E-state index contributed by atoms with van der Waals surface area (Å²) in [6.45, 7) is 1.57. The van der Waals surface area contributed by atoms with Crippen LogP contribution in [0.4, 0.5) is 0 Å². The Bertz CT molecular complexity index is 1160. The summed E-state index contributed by atoms with van der Waals surface area (Å²) in [5, 5.41) is 12.5. The highest BCUT2D eigenvalue weighted by Gasteiger charge is 2.17. The van der Waals surface area contributed by atoms with Gasteiger partial charge in [0.15, 0.2) is 0 Å². The van der Waals surface area contributed by atoms with Crippen LogP contribution in [0, 0.1) is 0 Å². The number of ether oxygens (including phenoxy) is 2. The molecule has 2 aromatic carbocycles. The molecular formula is C21H18N2O4. The molecule has 0 aliphatic rings. The molecule has 0 unspecified atom stereocenters. The maximum Gasteiger partial charge on any atom is 0.302 e. The number of carbonyl (C=O) groups is 1. The smallest absolute Gasteiger partial charge is 0.302 e. The van der Waals surface area contributed by atoms with E-state index in [1.54, 1.807) is 13.2 Å². The molecule has 0 fully saturated rings. The summed E-state index contributed by atoms with van der Waals surface area (Å²) < 4.78 is 11.6. The van der Waals surface area contributed by atoms with Gasteiger partial charge in [-0.25, -0.2) is 4.98 Å². The van der Waals surface area contributed by atoms with E-state index in [4.69, 9.17) is 9.47 Å². The van der Waals surface area contributed by atoms with E-state index in [0.29, 0.717) is 22.7 Å². The molecular weight excluding hydrogens is 344 g/mol. The minimum Gasteiger partial charge on any atom is -0.480 e. The zero-order valence-electron chi connectivity index (χ0n) is 15.0. The van der Waals surface area contributed by atoms with Crippen molar-refractivity contribution >= 4 is 27.8 Å². The van der Waals surface area contributed by atoms with Gasteiger partial charge in [-0.2, -0.15) is 4.73 Å². The second kappa shape index (κ2) is 6.64. The third-order valence-corrected chi connectivity index (χ3v) is 4.44. The van der Waals surface area contributed by atoms with E-state index in [2.05, 4.69) is 4.98 Å². The Labute approximate surface area is 155 Å². The van der Waals surface area contributed by atoms with Crippen LogP contribution in [-0.4, -0.2) is 28.0 Å². The van der Waals surface area contributed by atoms with Gasteiger partial charge in [-0.15, -0.1) is 0 Å². The Morgan fingerprint density at radius 1 is 1.11 bits per heavy atom. The third-order valence-electron chi connectivity index (χ3n) is 4.44. The average molecular weight is 362 g/mol. The number of nitrogens with zero attached hydrogens (tertiary/aromatic N) is 2. The molecule has 6 heteroatoms. The van der Waals surface area contributed by atoms with Gasteiger partial charge in [-0.05, 0) is 35.9 Å². The van der Waals surface area contributed by atoms with E-state index in [1.807, 2.05) is 48.5 Å². The summed E-state index contributed by atoms with van der Waals surface area (Å²) in [5.41, 5.74) is 3.58. The molecule has 4 rings (SSSR count). The standard InChI is InChI=1S/C21H18N2O4/c1-13(24)27-12-14-7-8-19-16(9-14)11-20(23(19)25)17-10-15-5-3-4-6-18(15)22-21(17)26-2/h3-11,25H,12H2,1-2H3. The van der Waals surface area contributed by atoms with Crippen LogP contribution in [0.2, 0.25) is 0 Å². The van der Waals surface area contributed by atoms with E-state index in [1.165, 1.54) is 6.92 Å². The summed E-state index contributed by atoms with van der Waals surface area (Å²) in [7, 11) is 1.56. The van der Waals surface area contributed by atoms with Crippen molar-refractivity contribution in [2.45, 2.75) is 13.5 Å². The SMILES string of the molecule is COc1nc2ccccc2cc1-c1cc2cc(COC(C)=O)ccc2n1O. The van der Waals surface area contributed by atoms with E-state index in [9.17, 15) is 10.0 Å². The van der Waals surface area contributed by atoms with Gasteiger partial charge in [0.25, 0.3) is 0 Å². The number of aromatic nitrogens is 2. The first-order valence-electron chi connectivity index (χ1n) is 8.48. The second-order valence-corrected chi connectivity index (χ2v) is 6.25. The predicted molar refractivity (Wildman–Crippen MR) is 102 cm³/mol. The fraction of sp³-hybridized carbons (Fsp3) is 0.143. The van der Waals surface area contributed by atoms with Gasteiger partial charge in [0.2, 0.25) is 5.88 Å². The quantitative estimate of drug-likeness (QED) is 0.436. The van der Waals surface area contributed by atoms with Crippen LogP contribution >= 0.6 is 0 Å². The Hall–Kier alpha value is -3.54. The van der Waals surface area contributed by atoms with Gasteiger partial charge < -0.3 is 14.7 Å². The number of carbonyl (C=O) groups excluding carboxylic acids is 1. The summed E-state index contributed by atoms with van der Waals surface area (Å²) in [6, 6.07) is 17.0. The summed E-state index contributed by atoms with van der Waals surface area (Å²) in [5.74, 6) is 0.106. The molecule has 0 amide bonds. The normalized spacial score (nSPS) is 11.0. The average Bonchev–Trinajstić information content (AvgIpc) is 3.01. The van der Waals surface area contributed by atoms with Gasteiger partial charge in [0.1, 0.15) is 6.61 Å². The summed E-state index contributed by atoms with van der Waals surface area (Å²) in [4.78, 5) is 15.6. The van der Waals surface area contributed by atoms with Crippen LogP contribution in [0.15, 0.2) is 54.6 Å². The molecule has 1 N–H and O–H groups in total. The van der Waals surface area contributed by atoms with Gasteiger partial charge in [0, 0.05) is 17.7 Å². The maximum atomic E-state index is 11.0. The highest BCUT2D eigenvalue weighted by Crippen LogP contribution is 2.35. The molecule has 0 spiro atoms. The lowest BCUT2D eigenvalue weighted by Crippen LogP contribution is -1.99. The van der Waals surface area contributed by atoms with Crippen molar-refractivity contribution in [3.05, 3.63) is 60.2 Å². The Morgan fingerprint density at radius 2 is 1.93 bits per heavy atom. The van der Waals surface area contributed by atoms with Crippen LogP contribution in [0.5, 0.6) is 5.88 Å². The number of para-hydroxylation sites is 1. The number of pyridine rings is 1. The fourth-order valence-corrected chi connectivity index (χ4v) is 3.15. The van der Waals surface area contributed by atoms with Gasteiger partial charge in [-0.3, -0.25) is 4.79 Å². The monoisotopic (exact) mass is 362 g/mol. The molecule has 0 saturated heterocycles. The minimum absolute atomic E-state index is 0.193. The first-order chi connectivity index (χ1) is 13.1. The Morgan fingerprint density at radius 3 is 2.70 bits per heavy atom. The second-order valence-electron chi connectivity index (χ2n) is 6.25. The molecule has 0 atom stereocenters. The maximum absolute atomic E-state index is 11.0. The van der Waals surface area contributed by atoms with Crippen molar-refractivity contribution < 1.29 is 19.5 Å². The molecule has 2 aromatic heterocycles. The van der Waals surface area contributed by atoms with Crippen LogP contribution in [0.1, 0.15) is 12.5 Å². The Kier molecular flexibility index (Phi) is 4.16. The molecule has 136 valence electrons. The van der Waals surface area contributed by atoms with E-state index < -0.39 is 0 Å². The van der Waals surface area contributed by atoms with Crippen LogP contribution in [-0.2, 0) is 16.1 Å². The molecule has 6 nitrogen and oxygen atoms in total. The van der Waals surface area contributed by atoms with E-state index in [0.717, 1.165) is 26.6 Å². The third kappa shape index (κ3) is 3.06. The molecule has 0 aliphatic carbocycles. The highest BCUT2D eigenvalue weighted by molar-refractivity contribution is 5.91. The fourth-order valence-electron chi connectivity index (χ4n) is 3.15. The van der Waals surface area contributed by atoms with Crippen molar-refractivity contribution in [1.82, 2.24) is 9.71 Å². The number of fused-ring (bicyclic) bond motifs is 2. The lowest BCUT2D eigenvalue weighted by Gasteiger charge is -2.09.